The van der Waals surface area contributed by atoms with E-state index in [1.54, 1.807) is 13.8 Å². The Morgan fingerprint density at radius 1 is 0.650 bits per heavy atom. The molecule has 0 atom stereocenters. The highest BCUT2D eigenvalue weighted by atomic mass is 32.2. The highest BCUT2D eigenvalue weighted by molar-refractivity contribution is 8.26. The summed E-state index contributed by atoms with van der Waals surface area (Å²) >= 11 is 3.89. The monoisotopic (exact) mass is 622 g/mol. The van der Waals surface area contributed by atoms with Gasteiger partial charge in [0, 0.05) is 28.2 Å². The van der Waals surface area contributed by atoms with E-state index in [1.165, 1.54) is 38.0 Å². The predicted octanol–water partition coefficient (Wildman–Crippen LogP) is 4.80. The quantitative estimate of drug-likeness (QED) is 0.242. The zero-order valence-electron chi connectivity index (χ0n) is 22.1. The van der Waals surface area contributed by atoms with Gasteiger partial charge in [0.1, 0.15) is 12.1 Å². The molecule has 0 radical (unpaired) electrons. The maximum Gasteiger partial charge on any atom is 0.414 e. The van der Waals surface area contributed by atoms with Gasteiger partial charge in [-0.05, 0) is 13.8 Å². The Kier molecular flexibility index (Phi) is 10.3. The molecule has 0 N–H and O–H groups in total. The lowest BCUT2D eigenvalue weighted by atomic mass is 10.3. The van der Waals surface area contributed by atoms with E-state index >= 15 is 0 Å². The van der Waals surface area contributed by atoms with Crippen molar-refractivity contribution in [2.75, 3.05) is 41.4 Å². The number of ether oxygens (including phenoxy) is 4. The smallest absolute Gasteiger partial charge is 0.414 e. The van der Waals surface area contributed by atoms with E-state index in [4.69, 9.17) is 18.9 Å². The van der Waals surface area contributed by atoms with Crippen LogP contribution in [0.5, 0.6) is 11.5 Å². The summed E-state index contributed by atoms with van der Waals surface area (Å²) in [4.78, 5) is 54.0. The Bertz CT molecular complexity index is 1290. The molecule has 2 heterocycles. The molecule has 0 aromatic heterocycles. The second-order valence-electron chi connectivity index (χ2n) is 7.90. The first kappa shape index (κ1) is 31.1. The van der Waals surface area contributed by atoms with Gasteiger partial charge < -0.3 is 28.7 Å². The maximum atomic E-state index is 12.7. The van der Waals surface area contributed by atoms with Crippen molar-refractivity contribution in [1.29, 1.82) is 10.5 Å². The largest absolute Gasteiger partial charge is 0.462 e. The zero-order valence-corrected chi connectivity index (χ0v) is 25.4. The van der Waals surface area contributed by atoms with E-state index in [9.17, 15) is 29.7 Å². The van der Waals surface area contributed by atoms with Crippen LogP contribution in [-0.2, 0) is 19.1 Å². The van der Waals surface area contributed by atoms with Crippen molar-refractivity contribution in [3.05, 3.63) is 19.6 Å². The molecule has 3 rings (SSSR count). The summed E-state index contributed by atoms with van der Waals surface area (Å²) in [6, 6.07) is 3.72. The molecule has 0 aliphatic carbocycles. The van der Waals surface area contributed by atoms with Crippen LogP contribution in [0, 0.1) is 22.7 Å². The molecule has 2 amide bonds. The van der Waals surface area contributed by atoms with Crippen LogP contribution < -0.4 is 9.47 Å². The Balaban J connectivity index is 2.32. The predicted molar refractivity (Wildman–Crippen MR) is 148 cm³/mol. The van der Waals surface area contributed by atoms with Gasteiger partial charge in [-0.15, -0.1) is 0 Å². The SMILES string of the molecule is CCOC(=O)C(C#N)=C1Sc2c(OC(=O)N(C)C)c3c(c(OC(=O)N(C)C)c2S1)SC(=C(C#N)C(=O)OCC)S3. The van der Waals surface area contributed by atoms with E-state index < -0.39 is 24.1 Å². The Morgan fingerprint density at radius 2 is 0.950 bits per heavy atom. The van der Waals surface area contributed by atoms with Gasteiger partial charge in [0.05, 0.1) is 41.3 Å². The average Bonchev–Trinajstić information content (AvgIpc) is 3.52. The summed E-state index contributed by atoms with van der Waals surface area (Å²) < 4.78 is 22.0. The zero-order chi connectivity index (χ0) is 29.7. The molecule has 1 aromatic rings. The van der Waals surface area contributed by atoms with E-state index in [0.29, 0.717) is 19.6 Å². The Morgan fingerprint density at radius 3 is 1.18 bits per heavy atom. The first-order chi connectivity index (χ1) is 19.0. The van der Waals surface area contributed by atoms with Gasteiger partial charge >= 0.3 is 24.1 Å². The topological polar surface area (TPSA) is 159 Å². The molecule has 0 saturated carbocycles. The Labute approximate surface area is 247 Å². The molecule has 16 heteroatoms. The lowest BCUT2D eigenvalue weighted by molar-refractivity contribution is -0.138. The normalized spacial score (nSPS) is 12.8. The van der Waals surface area contributed by atoms with Crippen molar-refractivity contribution in [1.82, 2.24) is 9.80 Å². The minimum Gasteiger partial charge on any atom is -0.462 e. The van der Waals surface area contributed by atoms with Crippen LogP contribution in [0.4, 0.5) is 9.59 Å². The molecule has 40 heavy (non-hydrogen) atoms. The van der Waals surface area contributed by atoms with Crippen LogP contribution >= 0.6 is 47.0 Å². The summed E-state index contributed by atoms with van der Waals surface area (Å²) in [7, 11) is 5.94. The number of nitrogens with zero attached hydrogens (tertiary/aromatic N) is 4. The minimum absolute atomic E-state index is 0.0509. The molecule has 0 unspecified atom stereocenters. The summed E-state index contributed by atoms with van der Waals surface area (Å²) in [5.74, 6) is -1.56. The molecule has 0 fully saturated rings. The van der Waals surface area contributed by atoms with Gasteiger partial charge in [0.15, 0.2) is 22.6 Å². The molecule has 210 valence electrons. The average molecular weight is 623 g/mol. The number of carbonyl (C=O) groups excluding carboxylic acids is 4. The third kappa shape index (κ3) is 6.31. The molecular weight excluding hydrogens is 601 g/mol. The molecule has 2 aliphatic rings. The fraction of sp³-hybridized carbons (Fsp3) is 0.333. The molecule has 1 aromatic carbocycles. The number of rotatable bonds is 6. The van der Waals surface area contributed by atoms with Crippen molar-refractivity contribution in [3.63, 3.8) is 0 Å². The van der Waals surface area contributed by atoms with Crippen molar-refractivity contribution >= 4 is 71.2 Å². The molecule has 0 saturated heterocycles. The third-order valence-electron chi connectivity index (χ3n) is 4.72. The van der Waals surface area contributed by atoms with Crippen molar-refractivity contribution in [3.8, 4) is 23.6 Å². The van der Waals surface area contributed by atoms with Crippen LogP contribution in [0.2, 0.25) is 0 Å². The molecular formula is C24H22N4O8S4. The van der Waals surface area contributed by atoms with E-state index in [1.807, 2.05) is 12.1 Å². The number of thioether (sulfide) groups is 4. The van der Waals surface area contributed by atoms with Gasteiger partial charge in [-0.1, -0.05) is 47.0 Å². The van der Waals surface area contributed by atoms with Gasteiger partial charge in [0.25, 0.3) is 0 Å². The van der Waals surface area contributed by atoms with Gasteiger partial charge in [-0.25, -0.2) is 19.2 Å². The lowest BCUT2D eigenvalue weighted by Crippen LogP contribution is -2.26. The molecule has 0 bridgehead atoms. The number of amides is 2. The Hall–Kier alpha value is -3.44. The number of hydrogen-bond donors (Lipinski definition) is 0. The van der Waals surface area contributed by atoms with E-state index in [2.05, 4.69) is 0 Å². The molecule has 0 spiro atoms. The molecule has 2 aliphatic heterocycles. The number of benzene rings is 1. The number of esters is 2. The van der Waals surface area contributed by atoms with Crippen molar-refractivity contribution in [2.24, 2.45) is 0 Å². The maximum absolute atomic E-state index is 12.7. The minimum atomic E-state index is -0.832. The number of nitriles is 2. The van der Waals surface area contributed by atoms with Crippen LogP contribution in [0.3, 0.4) is 0 Å². The van der Waals surface area contributed by atoms with Crippen molar-refractivity contribution in [2.45, 2.75) is 33.4 Å². The first-order valence-corrected chi connectivity index (χ1v) is 14.6. The van der Waals surface area contributed by atoms with Crippen LogP contribution in [0.1, 0.15) is 13.8 Å². The number of fused-ring (bicyclic) bond motifs is 2. The third-order valence-corrected chi connectivity index (χ3v) is 9.91. The fourth-order valence-corrected chi connectivity index (χ4v) is 8.22. The fourth-order valence-electron chi connectivity index (χ4n) is 2.90. The molecule has 12 nitrogen and oxygen atoms in total. The van der Waals surface area contributed by atoms with Crippen molar-refractivity contribution < 1.29 is 38.1 Å². The first-order valence-electron chi connectivity index (χ1n) is 11.3. The summed E-state index contributed by atoms with van der Waals surface area (Å²) in [5.41, 5.74) is -0.532. The van der Waals surface area contributed by atoms with E-state index in [0.717, 1.165) is 47.0 Å². The van der Waals surface area contributed by atoms with Gasteiger partial charge in [-0.3, -0.25) is 0 Å². The van der Waals surface area contributed by atoms with Gasteiger partial charge in [-0.2, -0.15) is 10.5 Å². The summed E-state index contributed by atoms with van der Waals surface area (Å²) in [6.07, 6.45) is -1.46. The second kappa shape index (κ2) is 13.3. The highest BCUT2D eigenvalue weighted by Gasteiger charge is 2.41. The number of carbonyl (C=O) groups is 4. The second-order valence-corrected chi connectivity index (χ2v) is 12.5. The van der Waals surface area contributed by atoms with Crippen LogP contribution in [0.25, 0.3) is 0 Å². The summed E-state index contributed by atoms with van der Waals surface area (Å²) in [6.45, 7) is 3.31. The summed E-state index contributed by atoms with van der Waals surface area (Å²) in [5, 5.41) is 19.4. The van der Waals surface area contributed by atoms with Crippen LogP contribution in [0.15, 0.2) is 39.2 Å². The number of hydrogen-bond acceptors (Lipinski definition) is 14. The van der Waals surface area contributed by atoms with Gasteiger partial charge in [0.2, 0.25) is 0 Å². The van der Waals surface area contributed by atoms with E-state index in [-0.39, 0.29) is 44.3 Å². The highest BCUT2D eigenvalue weighted by Crippen LogP contribution is 2.68. The standard InChI is InChI=1S/C24H22N4O8S4/c1-7-33-19(29)11(9-25)21-37-15-13(35-23(31)27(3)4)17-18(14(16(15)38-21)36-24(32)28(5)6)40-22(39-17)12(10-26)20(30)34-8-2/h7-8H2,1-6H3. The lowest BCUT2D eigenvalue weighted by Gasteiger charge is -2.19. The van der Waals surface area contributed by atoms with Crippen LogP contribution in [-0.4, -0.2) is 75.3 Å².